The summed E-state index contributed by atoms with van der Waals surface area (Å²) >= 11 is 5.96. The molecule has 2 rings (SSSR count). The Morgan fingerprint density at radius 1 is 1.47 bits per heavy atom. The molecule has 15 heavy (non-hydrogen) atoms. The Morgan fingerprint density at radius 3 is 2.60 bits per heavy atom. The normalized spacial score (nSPS) is 17.3. The molecule has 0 spiro atoms. The van der Waals surface area contributed by atoms with Crippen LogP contribution in [0.5, 0.6) is 0 Å². The van der Waals surface area contributed by atoms with Crippen LogP contribution in [0.4, 0.5) is 0 Å². The van der Waals surface area contributed by atoms with Crippen molar-refractivity contribution in [2.24, 2.45) is 0 Å². The minimum Gasteiger partial charge on any atom is -0.336 e. The molecule has 1 fully saturated rings. The molecule has 0 saturated heterocycles. The maximum absolute atomic E-state index is 11.4. The standard InChI is InChI=1S/C12H14ClNO/c1-9(15)14(2)12(6-7-12)10-4-3-5-11(13)8-10/h3-5,8H,6-7H2,1-2H3. The molecule has 0 aromatic heterocycles. The van der Waals surface area contributed by atoms with Crippen LogP contribution in [0.2, 0.25) is 5.02 Å². The molecular weight excluding hydrogens is 210 g/mol. The van der Waals surface area contributed by atoms with Crippen LogP contribution >= 0.6 is 11.6 Å². The van der Waals surface area contributed by atoms with Gasteiger partial charge in [0.05, 0.1) is 5.54 Å². The van der Waals surface area contributed by atoms with E-state index < -0.39 is 0 Å². The third-order valence-electron chi connectivity index (χ3n) is 3.20. The third kappa shape index (κ3) is 1.74. The van der Waals surface area contributed by atoms with Gasteiger partial charge in [0.2, 0.25) is 5.91 Å². The maximum atomic E-state index is 11.4. The van der Waals surface area contributed by atoms with Crippen LogP contribution in [0.25, 0.3) is 0 Å². The number of hydrogen-bond acceptors (Lipinski definition) is 1. The highest BCUT2D eigenvalue weighted by Gasteiger charge is 2.49. The zero-order valence-corrected chi connectivity index (χ0v) is 9.71. The second-order valence-electron chi connectivity index (χ2n) is 4.12. The van der Waals surface area contributed by atoms with Crippen LogP contribution in [0.1, 0.15) is 25.3 Å². The van der Waals surface area contributed by atoms with Gasteiger partial charge in [-0.1, -0.05) is 23.7 Å². The van der Waals surface area contributed by atoms with E-state index in [1.807, 2.05) is 36.2 Å². The number of halogens is 1. The summed E-state index contributed by atoms with van der Waals surface area (Å²) in [6.07, 6.45) is 2.06. The Labute approximate surface area is 94.8 Å². The third-order valence-corrected chi connectivity index (χ3v) is 3.44. The van der Waals surface area contributed by atoms with E-state index in [4.69, 9.17) is 11.6 Å². The Bertz CT molecular complexity index is 398. The quantitative estimate of drug-likeness (QED) is 0.755. The van der Waals surface area contributed by atoms with Crippen molar-refractivity contribution in [2.45, 2.75) is 25.3 Å². The Morgan fingerprint density at radius 2 is 2.13 bits per heavy atom. The molecule has 0 aliphatic heterocycles. The van der Waals surface area contributed by atoms with Crippen LogP contribution in [0.15, 0.2) is 24.3 Å². The van der Waals surface area contributed by atoms with Crippen molar-refractivity contribution >= 4 is 17.5 Å². The number of amides is 1. The lowest BCUT2D eigenvalue weighted by Gasteiger charge is -2.27. The van der Waals surface area contributed by atoms with Crippen molar-refractivity contribution in [3.05, 3.63) is 34.9 Å². The van der Waals surface area contributed by atoms with Crippen LogP contribution in [0, 0.1) is 0 Å². The topological polar surface area (TPSA) is 20.3 Å². The van der Waals surface area contributed by atoms with Crippen LogP contribution in [0.3, 0.4) is 0 Å². The molecule has 3 heteroatoms. The van der Waals surface area contributed by atoms with Gasteiger partial charge < -0.3 is 4.90 Å². The molecule has 1 amide bonds. The van der Waals surface area contributed by atoms with Crippen molar-refractivity contribution in [3.8, 4) is 0 Å². The number of hydrogen-bond donors (Lipinski definition) is 0. The summed E-state index contributed by atoms with van der Waals surface area (Å²) in [5.74, 6) is 0.104. The predicted octanol–water partition coefficient (Wildman–Crippen LogP) is 2.81. The molecule has 1 aromatic carbocycles. The zero-order valence-electron chi connectivity index (χ0n) is 8.96. The first kappa shape index (κ1) is 10.5. The fourth-order valence-electron chi connectivity index (χ4n) is 2.02. The summed E-state index contributed by atoms with van der Waals surface area (Å²) in [6, 6.07) is 7.78. The largest absolute Gasteiger partial charge is 0.336 e. The highest BCUT2D eigenvalue weighted by Crippen LogP contribution is 2.50. The lowest BCUT2D eigenvalue weighted by atomic mass is 10.0. The second kappa shape index (κ2) is 3.53. The summed E-state index contributed by atoms with van der Waals surface area (Å²) in [4.78, 5) is 13.2. The van der Waals surface area contributed by atoms with E-state index in [0.29, 0.717) is 0 Å². The van der Waals surface area contributed by atoms with E-state index in [2.05, 4.69) is 0 Å². The van der Waals surface area contributed by atoms with Gasteiger partial charge >= 0.3 is 0 Å². The van der Waals surface area contributed by atoms with Gasteiger partial charge in [-0.3, -0.25) is 4.79 Å². The average molecular weight is 224 g/mol. The summed E-state index contributed by atoms with van der Waals surface area (Å²) in [6.45, 7) is 1.60. The molecule has 1 saturated carbocycles. The smallest absolute Gasteiger partial charge is 0.219 e. The van der Waals surface area contributed by atoms with Gasteiger partial charge in [0.15, 0.2) is 0 Å². The average Bonchev–Trinajstić information content (AvgIpc) is 2.97. The van der Waals surface area contributed by atoms with Gasteiger partial charge in [-0.25, -0.2) is 0 Å². The summed E-state index contributed by atoms with van der Waals surface area (Å²) in [7, 11) is 1.86. The number of rotatable bonds is 2. The molecule has 1 aromatic rings. The summed E-state index contributed by atoms with van der Waals surface area (Å²) in [5, 5.41) is 0.732. The van der Waals surface area contributed by atoms with Gasteiger partial charge in [-0.2, -0.15) is 0 Å². The van der Waals surface area contributed by atoms with E-state index >= 15 is 0 Å². The minimum absolute atomic E-state index is 0.0866. The van der Waals surface area contributed by atoms with Crippen molar-refractivity contribution in [3.63, 3.8) is 0 Å². The lowest BCUT2D eigenvalue weighted by molar-refractivity contribution is -0.130. The number of carbonyl (C=O) groups is 1. The molecule has 1 aliphatic carbocycles. The molecule has 2 nitrogen and oxygen atoms in total. The summed E-state index contributed by atoms with van der Waals surface area (Å²) in [5.41, 5.74) is 1.06. The zero-order chi connectivity index (χ0) is 11.1. The second-order valence-corrected chi connectivity index (χ2v) is 4.56. The van der Waals surface area contributed by atoms with Crippen molar-refractivity contribution in [1.29, 1.82) is 0 Å². The lowest BCUT2D eigenvalue weighted by Crippen LogP contribution is -2.35. The molecule has 0 atom stereocenters. The van der Waals surface area contributed by atoms with E-state index in [-0.39, 0.29) is 11.4 Å². The van der Waals surface area contributed by atoms with E-state index in [1.54, 1.807) is 6.92 Å². The SMILES string of the molecule is CC(=O)N(C)C1(c2cccc(Cl)c2)CC1. The van der Waals surface area contributed by atoms with Crippen LogP contribution in [-0.2, 0) is 10.3 Å². The highest BCUT2D eigenvalue weighted by atomic mass is 35.5. The van der Waals surface area contributed by atoms with Gasteiger partial charge in [0, 0.05) is 19.0 Å². The minimum atomic E-state index is -0.0866. The first-order chi connectivity index (χ1) is 7.06. The molecule has 1 aliphatic rings. The first-order valence-corrected chi connectivity index (χ1v) is 5.44. The van der Waals surface area contributed by atoms with Gasteiger partial charge in [0.25, 0.3) is 0 Å². The molecule has 0 heterocycles. The number of nitrogens with zero attached hydrogens (tertiary/aromatic N) is 1. The predicted molar refractivity (Wildman–Crippen MR) is 60.8 cm³/mol. The van der Waals surface area contributed by atoms with Gasteiger partial charge in [0.1, 0.15) is 0 Å². The van der Waals surface area contributed by atoms with E-state index in [9.17, 15) is 4.79 Å². The Kier molecular flexibility index (Phi) is 2.47. The molecule has 0 bridgehead atoms. The number of benzene rings is 1. The van der Waals surface area contributed by atoms with Crippen LogP contribution in [-0.4, -0.2) is 17.9 Å². The van der Waals surface area contributed by atoms with E-state index in [0.717, 1.165) is 23.4 Å². The fraction of sp³-hybridized carbons (Fsp3) is 0.417. The highest BCUT2D eigenvalue weighted by molar-refractivity contribution is 6.30. The number of carbonyl (C=O) groups excluding carboxylic acids is 1. The van der Waals surface area contributed by atoms with Crippen LogP contribution < -0.4 is 0 Å². The van der Waals surface area contributed by atoms with Gasteiger partial charge in [-0.05, 0) is 30.5 Å². The monoisotopic (exact) mass is 223 g/mol. The van der Waals surface area contributed by atoms with E-state index in [1.165, 1.54) is 0 Å². The molecule has 0 radical (unpaired) electrons. The Balaban J connectivity index is 2.34. The molecule has 0 unspecified atom stereocenters. The van der Waals surface area contributed by atoms with Crippen molar-refractivity contribution < 1.29 is 4.79 Å². The molecule has 80 valence electrons. The molecule has 0 N–H and O–H groups in total. The van der Waals surface area contributed by atoms with Crippen molar-refractivity contribution in [1.82, 2.24) is 4.90 Å². The van der Waals surface area contributed by atoms with Gasteiger partial charge in [-0.15, -0.1) is 0 Å². The van der Waals surface area contributed by atoms with Crippen molar-refractivity contribution in [2.75, 3.05) is 7.05 Å². The fourth-order valence-corrected chi connectivity index (χ4v) is 2.21. The summed E-state index contributed by atoms with van der Waals surface area (Å²) < 4.78 is 0. The molecular formula is C12H14ClNO. The Hall–Kier alpha value is -1.02. The first-order valence-electron chi connectivity index (χ1n) is 5.07. The maximum Gasteiger partial charge on any atom is 0.219 e.